The van der Waals surface area contributed by atoms with Gasteiger partial charge in [0.2, 0.25) is 0 Å². The summed E-state index contributed by atoms with van der Waals surface area (Å²) in [7, 11) is 0. The molecule has 3 rings (SSSR count). The molecule has 0 spiro atoms. The van der Waals surface area contributed by atoms with Crippen LogP contribution >= 0.6 is 0 Å². The van der Waals surface area contributed by atoms with Gasteiger partial charge in [-0.05, 0) is 74.4 Å². The third kappa shape index (κ3) is 4.99. The van der Waals surface area contributed by atoms with Gasteiger partial charge in [-0.2, -0.15) is 0 Å². The van der Waals surface area contributed by atoms with Crippen LogP contribution in [-0.4, -0.2) is 23.5 Å². The van der Waals surface area contributed by atoms with E-state index >= 15 is 0 Å². The summed E-state index contributed by atoms with van der Waals surface area (Å²) in [5.74, 6) is -0.00442. The molecule has 2 N–H and O–H groups in total. The summed E-state index contributed by atoms with van der Waals surface area (Å²) in [5, 5.41) is 6.06. The molecule has 0 radical (unpaired) electrons. The summed E-state index contributed by atoms with van der Waals surface area (Å²) in [6.45, 7) is 6.18. The molecule has 0 atom stereocenters. The number of carbonyl (C=O) groups excluding carboxylic acids is 2. The molecule has 29 heavy (non-hydrogen) atoms. The number of esters is 1. The van der Waals surface area contributed by atoms with Crippen molar-refractivity contribution in [1.29, 1.82) is 0 Å². The van der Waals surface area contributed by atoms with E-state index in [1.165, 1.54) is 11.8 Å². The van der Waals surface area contributed by atoms with Crippen molar-refractivity contribution in [3.63, 3.8) is 0 Å². The van der Waals surface area contributed by atoms with Crippen molar-refractivity contribution in [1.82, 2.24) is 4.98 Å². The van der Waals surface area contributed by atoms with Gasteiger partial charge in [0, 0.05) is 17.6 Å². The standard InChI is InChI=1S/C23H23N3O3/c1-4-29-23(28)17-8-11-19(12-9-17)25-22(27)18-10-13-21(24-14-18)26-20-7-5-6-15(2)16(20)3/h5-14H,4H2,1-3H3,(H,24,26)(H,25,27). The molecule has 0 saturated heterocycles. The third-order valence-electron chi connectivity index (χ3n) is 4.55. The highest BCUT2D eigenvalue weighted by Gasteiger charge is 2.10. The number of hydrogen-bond donors (Lipinski definition) is 2. The van der Waals surface area contributed by atoms with Crippen LogP contribution in [0.2, 0.25) is 0 Å². The van der Waals surface area contributed by atoms with Gasteiger partial charge in [0.25, 0.3) is 5.91 Å². The highest BCUT2D eigenvalue weighted by atomic mass is 16.5. The predicted octanol–water partition coefficient (Wildman–Crippen LogP) is 4.87. The largest absolute Gasteiger partial charge is 0.462 e. The zero-order valence-electron chi connectivity index (χ0n) is 16.7. The SMILES string of the molecule is CCOC(=O)c1ccc(NC(=O)c2ccc(Nc3cccc(C)c3C)nc2)cc1. The average molecular weight is 389 g/mol. The molecule has 1 aromatic heterocycles. The molecule has 1 amide bonds. The van der Waals surface area contributed by atoms with E-state index < -0.39 is 0 Å². The molecule has 0 aliphatic carbocycles. The Morgan fingerprint density at radius 3 is 2.34 bits per heavy atom. The molecule has 3 aromatic rings. The predicted molar refractivity (Wildman–Crippen MR) is 114 cm³/mol. The summed E-state index contributed by atoms with van der Waals surface area (Å²) in [6, 6.07) is 16.1. The number of carbonyl (C=O) groups is 2. The van der Waals surface area contributed by atoms with Crippen LogP contribution in [-0.2, 0) is 4.74 Å². The first-order chi connectivity index (χ1) is 14.0. The van der Waals surface area contributed by atoms with Gasteiger partial charge in [-0.1, -0.05) is 12.1 Å². The number of amides is 1. The minimum Gasteiger partial charge on any atom is -0.462 e. The summed E-state index contributed by atoms with van der Waals surface area (Å²) >= 11 is 0. The third-order valence-corrected chi connectivity index (χ3v) is 4.55. The maximum Gasteiger partial charge on any atom is 0.338 e. The molecule has 0 unspecified atom stereocenters. The Kier molecular flexibility index (Phi) is 6.24. The van der Waals surface area contributed by atoms with Crippen molar-refractivity contribution in [2.24, 2.45) is 0 Å². The fourth-order valence-corrected chi connectivity index (χ4v) is 2.73. The van der Waals surface area contributed by atoms with Crippen molar-refractivity contribution in [2.75, 3.05) is 17.2 Å². The lowest BCUT2D eigenvalue weighted by atomic mass is 10.1. The summed E-state index contributed by atoms with van der Waals surface area (Å²) in [6.07, 6.45) is 1.52. The molecule has 0 fully saturated rings. The van der Waals surface area contributed by atoms with Crippen molar-refractivity contribution in [3.05, 3.63) is 83.0 Å². The number of nitrogens with one attached hydrogen (secondary N) is 2. The van der Waals surface area contributed by atoms with E-state index in [0.717, 1.165) is 11.3 Å². The van der Waals surface area contributed by atoms with Gasteiger partial charge in [-0.25, -0.2) is 9.78 Å². The Hall–Kier alpha value is -3.67. The average Bonchev–Trinajstić information content (AvgIpc) is 2.72. The Labute approximate surface area is 169 Å². The molecule has 0 aliphatic rings. The van der Waals surface area contributed by atoms with Crippen LogP contribution in [0.15, 0.2) is 60.8 Å². The van der Waals surface area contributed by atoms with Crippen molar-refractivity contribution >= 4 is 29.1 Å². The first-order valence-corrected chi connectivity index (χ1v) is 9.35. The second kappa shape index (κ2) is 9.01. The normalized spacial score (nSPS) is 10.3. The van der Waals surface area contributed by atoms with Gasteiger partial charge in [0.05, 0.1) is 17.7 Å². The lowest BCUT2D eigenvalue weighted by molar-refractivity contribution is 0.0526. The summed E-state index contributed by atoms with van der Waals surface area (Å²) in [4.78, 5) is 28.5. The van der Waals surface area contributed by atoms with Crippen LogP contribution in [0.1, 0.15) is 38.8 Å². The van der Waals surface area contributed by atoms with Crippen LogP contribution in [0.25, 0.3) is 0 Å². The molecule has 148 valence electrons. The Morgan fingerprint density at radius 1 is 0.966 bits per heavy atom. The molecule has 0 saturated carbocycles. The van der Waals surface area contributed by atoms with E-state index in [1.54, 1.807) is 43.3 Å². The number of anilines is 3. The maximum atomic E-state index is 12.4. The van der Waals surface area contributed by atoms with E-state index in [4.69, 9.17) is 4.74 Å². The number of ether oxygens (including phenoxy) is 1. The number of benzene rings is 2. The minimum absolute atomic E-state index is 0.278. The fraction of sp³-hybridized carbons (Fsp3) is 0.174. The highest BCUT2D eigenvalue weighted by Crippen LogP contribution is 2.22. The quantitative estimate of drug-likeness (QED) is 0.588. The van der Waals surface area contributed by atoms with Gasteiger partial charge in [0.15, 0.2) is 0 Å². The number of nitrogens with zero attached hydrogens (tertiary/aromatic N) is 1. The molecule has 0 aliphatic heterocycles. The first-order valence-electron chi connectivity index (χ1n) is 9.35. The van der Waals surface area contributed by atoms with Crippen LogP contribution in [0.4, 0.5) is 17.2 Å². The van der Waals surface area contributed by atoms with Crippen LogP contribution in [0, 0.1) is 13.8 Å². The van der Waals surface area contributed by atoms with E-state index in [2.05, 4.69) is 28.6 Å². The van der Waals surface area contributed by atoms with Gasteiger partial charge >= 0.3 is 5.97 Å². The molecule has 0 bridgehead atoms. The van der Waals surface area contributed by atoms with Crippen LogP contribution < -0.4 is 10.6 Å². The molecule has 6 heteroatoms. The molecule has 2 aromatic carbocycles. The topological polar surface area (TPSA) is 80.3 Å². The first kappa shape index (κ1) is 20.1. The van der Waals surface area contributed by atoms with E-state index in [1.807, 2.05) is 19.1 Å². The van der Waals surface area contributed by atoms with Gasteiger partial charge in [-0.15, -0.1) is 0 Å². The Balaban J connectivity index is 1.64. The second-order valence-corrected chi connectivity index (χ2v) is 6.56. The molecular weight excluding hydrogens is 366 g/mol. The number of pyridine rings is 1. The number of hydrogen-bond acceptors (Lipinski definition) is 5. The summed E-state index contributed by atoms with van der Waals surface area (Å²) < 4.78 is 4.95. The van der Waals surface area contributed by atoms with Crippen molar-refractivity contribution in [2.45, 2.75) is 20.8 Å². The van der Waals surface area contributed by atoms with Gasteiger partial charge in [-0.3, -0.25) is 4.79 Å². The van der Waals surface area contributed by atoms with Crippen LogP contribution in [0.3, 0.4) is 0 Å². The highest BCUT2D eigenvalue weighted by molar-refractivity contribution is 6.04. The maximum absolute atomic E-state index is 12.4. The molecular formula is C23H23N3O3. The second-order valence-electron chi connectivity index (χ2n) is 6.56. The smallest absolute Gasteiger partial charge is 0.338 e. The van der Waals surface area contributed by atoms with E-state index in [9.17, 15) is 9.59 Å². The monoisotopic (exact) mass is 389 g/mol. The molecule has 1 heterocycles. The number of aryl methyl sites for hydroxylation is 1. The van der Waals surface area contributed by atoms with Gasteiger partial charge in [0.1, 0.15) is 5.82 Å². The van der Waals surface area contributed by atoms with Crippen molar-refractivity contribution in [3.8, 4) is 0 Å². The van der Waals surface area contributed by atoms with Gasteiger partial charge < -0.3 is 15.4 Å². The van der Waals surface area contributed by atoms with E-state index in [-0.39, 0.29) is 11.9 Å². The van der Waals surface area contributed by atoms with Crippen LogP contribution in [0.5, 0.6) is 0 Å². The number of aromatic nitrogens is 1. The Morgan fingerprint density at radius 2 is 1.69 bits per heavy atom. The summed E-state index contributed by atoms with van der Waals surface area (Å²) in [5.41, 5.74) is 4.79. The zero-order valence-corrected chi connectivity index (χ0v) is 16.7. The molecule has 6 nitrogen and oxygen atoms in total. The van der Waals surface area contributed by atoms with E-state index in [0.29, 0.717) is 29.2 Å². The Bertz CT molecular complexity index is 1010. The minimum atomic E-state index is -0.387. The zero-order chi connectivity index (χ0) is 20.8. The lowest BCUT2D eigenvalue weighted by Crippen LogP contribution is -2.12. The number of rotatable bonds is 6. The fourth-order valence-electron chi connectivity index (χ4n) is 2.73. The lowest BCUT2D eigenvalue weighted by Gasteiger charge is -2.11. The van der Waals surface area contributed by atoms with Crippen molar-refractivity contribution < 1.29 is 14.3 Å².